The molecule has 1 aliphatic heterocycles. The molecule has 0 fully saturated rings. The third-order valence-electron chi connectivity index (χ3n) is 3.76. The maximum Gasteiger partial charge on any atom is 0.231 e. The minimum Gasteiger partial charge on any atom is -0.454 e. The summed E-state index contributed by atoms with van der Waals surface area (Å²) < 4.78 is 10.7. The van der Waals surface area contributed by atoms with E-state index in [-0.39, 0.29) is 0 Å². The van der Waals surface area contributed by atoms with Gasteiger partial charge in [-0.2, -0.15) is 0 Å². The molecule has 19 heavy (non-hydrogen) atoms. The minimum absolute atomic E-state index is 0.356. The van der Waals surface area contributed by atoms with Crippen molar-refractivity contribution in [3.8, 4) is 11.5 Å². The number of hydrogen-bond acceptors (Lipinski definition) is 2. The first-order chi connectivity index (χ1) is 9.33. The van der Waals surface area contributed by atoms with Crippen LogP contribution < -0.4 is 19.7 Å². The van der Waals surface area contributed by atoms with Gasteiger partial charge in [0.2, 0.25) is 6.79 Å². The Morgan fingerprint density at radius 3 is 2.74 bits per heavy atom. The fourth-order valence-electron chi connectivity index (χ4n) is 2.44. The minimum atomic E-state index is 0.356. The molecule has 106 valence electrons. The summed E-state index contributed by atoms with van der Waals surface area (Å²) in [5, 5.41) is 2.38. The number of quaternary nitrogens is 2. The zero-order valence-corrected chi connectivity index (χ0v) is 12.1. The van der Waals surface area contributed by atoms with Gasteiger partial charge in [0.25, 0.3) is 0 Å². The second kappa shape index (κ2) is 7.36. The van der Waals surface area contributed by atoms with Crippen molar-refractivity contribution in [1.29, 1.82) is 0 Å². The van der Waals surface area contributed by atoms with Crippen molar-refractivity contribution < 1.29 is 19.7 Å². The number of nitrogens with one attached hydrogen (secondary N) is 1. The van der Waals surface area contributed by atoms with Crippen LogP contribution in [0.3, 0.4) is 0 Å². The molecule has 4 nitrogen and oxygen atoms in total. The standard InChI is InChI=1S/C15H24N2O2/c1-3-17(4-2)9-5-8-16-11-13-6-7-14-15(10-13)19-12-18-14/h6-7,10,16H,3-5,8-9,11-12H2,1-2H3/p+2. The van der Waals surface area contributed by atoms with Crippen LogP contribution in [0.5, 0.6) is 11.5 Å². The Balaban J connectivity index is 1.66. The van der Waals surface area contributed by atoms with E-state index in [1.165, 1.54) is 38.2 Å². The Bertz CT molecular complexity index is 392. The van der Waals surface area contributed by atoms with Crippen molar-refractivity contribution in [1.82, 2.24) is 0 Å². The lowest BCUT2D eigenvalue weighted by molar-refractivity contribution is -0.898. The monoisotopic (exact) mass is 266 g/mol. The molecule has 0 saturated carbocycles. The van der Waals surface area contributed by atoms with Crippen molar-refractivity contribution in [2.45, 2.75) is 26.8 Å². The molecule has 0 amide bonds. The summed E-state index contributed by atoms with van der Waals surface area (Å²) in [6.07, 6.45) is 1.28. The summed E-state index contributed by atoms with van der Waals surface area (Å²) >= 11 is 0. The highest BCUT2D eigenvalue weighted by Crippen LogP contribution is 2.32. The van der Waals surface area contributed by atoms with Gasteiger partial charge in [0, 0.05) is 12.0 Å². The zero-order valence-electron chi connectivity index (χ0n) is 12.1. The third-order valence-corrected chi connectivity index (χ3v) is 3.76. The molecule has 4 heteroatoms. The van der Waals surface area contributed by atoms with Gasteiger partial charge in [-0.25, -0.2) is 0 Å². The summed E-state index contributed by atoms with van der Waals surface area (Å²) in [5.41, 5.74) is 1.31. The molecule has 0 aromatic heterocycles. The summed E-state index contributed by atoms with van der Waals surface area (Å²) in [6, 6.07) is 6.22. The van der Waals surface area contributed by atoms with E-state index in [1.54, 1.807) is 4.90 Å². The third kappa shape index (κ3) is 4.11. The SMILES string of the molecule is CC[NH+](CC)CCC[NH2+]Cc1ccc2c(c1)OCO2. The van der Waals surface area contributed by atoms with E-state index >= 15 is 0 Å². The molecule has 0 aliphatic carbocycles. The molecule has 1 aliphatic rings. The number of hydrogen-bond donors (Lipinski definition) is 2. The number of fused-ring (bicyclic) bond motifs is 1. The van der Waals surface area contributed by atoms with E-state index < -0.39 is 0 Å². The molecule has 0 bridgehead atoms. The maximum absolute atomic E-state index is 5.39. The van der Waals surface area contributed by atoms with Crippen LogP contribution in [-0.4, -0.2) is 33.0 Å². The fraction of sp³-hybridized carbons (Fsp3) is 0.600. The molecule has 0 saturated heterocycles. The second-order valence-electron chi connectivity index (χ2n) is 5.03. The van der Waals surface area contributed by atoms with Gasteiger partial charge < -0.3 is 19.7 Å². The number of benzene rings is 1. The van der Waals surface area contributed by atoms with Crippen LogP contribution in [0.2, 0.25) is 0 Å². The molecular weight excluding hydrogens is 240 g/mol. The normalized spacial score (nSPS) is 13.2. The lowest BCUT2D eigenvalue weighted by Gasteiger charge is -2.14. The quantitative estimate of drug-likeness (QED) is 0.639. The van der Waals surface area contributed by atoms with E-state index in [2.05, 4.69) is 31.3 Å². The van der Waals surface area contributed by atoms with Crippen molar-refractivity contribution >= 4 is 0 Å². The highest BCUT2D eigenvalue weighted by Gasteiger charge is 2.13. The van der Waals surface area contributed by atoms with E-state index in [4.69, 9.17) is 9.47 Å². The van der Waals surface area contributed by atoms with Crippen LogP contribution in [0.4, 0.5) is 0 Å². The maximum atomic E-state index is 5.39. The van der Waals surface area contributed by atoms with Crippen LogP contribution >= 0.6 is 0 Å². The molecule has 0 radical (unpaired) electrons. The van der Waals surface area contributed by atoms with Crippen molar-refractivity contribution in [3.05, 3.63) is 23.8 Å². The summed E-state index contributed by atoms with van der Waals surface area (Å²) in [6.45, 7) is 10.8. The van der Waals surface area contributed by atoms with E-state index in [0.29, 0.717) is 6.79 Å². The first kappa shape index (κ1) is 14.2. The summed E-state index contributed by atoms with van der Waals surface area (Å²) in [4.78, 5) is 1.69. The van der Waals surface area contributed by atoms with Gasteiger partial charge in [-0.05, 0) is 32.0 Å². The highest BCUT2D eigenvalue weighted by atomic mass is 16.7. The van der Waals surface area contributed by atoms with Gasteiger partial charge in [-0.15, -0.1) is 0 Å². The topological polar surface area (TPSA) is 39.5 Å². The largest absolute Gasteiger partial charge is 0.454 e. The lowest BCUT2D eigenvalue weighted by Crippen LogP contribution is -3.11. The molecule has 0 unspecified atom stereocenters. The Labute approximate surface area is 115 Å². The van der Waals surface area contributed by atoms with Crippen LogP contribution in [-0.2, 0) is 6.54 Å². The van der Waals surface area contributed by atoms with Crippen LogP contribution in [0, 0.1) is 0 Å². The van der Waals surface area contributed by atoms with Crippen molar-refractivity contribution in [2.24, 2.45) is 0 Å². The lowest BCUT2D eigenvalue weighted by atomic mass is 10.2. The highest BCUT2D eigenvalue weighted by molar-refractivity contribution is 5.44. The Hall–Kier alpha value is -1.26. The number of nitrogens with two attached hydrogens (primary N) is 1. The molecule has 3 N–H and O–H groups in total. The first-order valence-electron chi connectivity index (χ1n) is 7.37. The Kier molecular flexibility index (Phi) is 5.48. The Morgan fingerprint density at radius 2 is 1.95 bits per heavy atom. The second-order valence-corrected chi connectivity index (χ2v) is 5.03. The summed E-state index contributed by atoms with van der Waals surface area (Å²) in [7, 11) is 0. The molecule has 1 aromatic carbocycles. The van der Waals surface area contributed by atoms with Gasteiger partial charge in [-0.1, -0.05) is 0 Å². The van der Waals surface area contributed by atoms with Crippen molar-refractivity contribution in [2.75, 3.05) is 33.0 Å². The van der Waals surface area contributed by atoms with Crippen LogP contribution in [0.25, 0.3) is 0 Å². The van der Waals surface area contributed by atoms with Gasteiger partial charge >= 0.3 is 0 Å². The molecule has 1 aromatic rings. The number of rotatable bonds is 8. The van der Waals surface area contributed by atoms with Crippen LogP contribution in [0.1, 0.15) is 25.8 Å². The van der Waals surface area contributed by atoms with Crippen molar-refractivity contribution in [3.63, 3.8) is 0 Å². The van der Waals surface area contributed by atoms with E-state index in [1.807, 2.05) is 6.07 Å². The number of ether oxygens (including phenoxy) is 2. The van der Waals surface area contributed by atoms with Gasteiger partial charge in [-0.3, -0.25) is 0 Å². The molecule has 1 heterocycles. The zero-order chi connectivity index (χ0) is 13.5. The average molecular weight is 266 g/mol. The average Bonchev–Trinajstić information content (AvgIpc) is 2.90. The fourth-order valence-corrected chi connectivity index (χ4v) is 2.44. The predicted molar refractivity (Wildman–Crippen MR) is 74.6 cm³/mol. The molecule has 0 atom stereocenters. The smallest absolute Gasteiger partial charge is 0.231 e. The van der Waals surface area contributed by atoms with Gasteiger partial charge in [0.15, 0.2) is 11.5 Å². The van der Waals surface area contributed by atoms with Gasteiger partial charge in [0.1, 0.15) is 6.54 Å². The predicted octanol–water partition coefficient (Wildman–Crippen LogP) is -0.206. The first-order valence-corrected chi connectivity index (χ1v) is 7.37. The Morgan fingerprint density at radius 1 is 1.16 bits per heavy atom. The van der Waals surface area contributed by atoms with Gasteiger partial charge in [0.05, 0.1) is 26.2 Å². The van der Waals surface area contributed by atoms with E-state index in [0.717, 1.165) is 18.0 Å². The molecule has 2 rings (SSSR count). The van der Waals surface area contributed by atoms with E-state index in [9.17, 15) is 0 Å². The molecular formula is C15H26N2O2+2. The van der Waals surface area contributed by atoms with Crippen LogP contribution in [0.15, 0.2) is 18.2 Å². The summed E-state index contributed by atoms with van der Waals surface area (Å²) in [5.74, 6) is 1.76. The molecule has 0 spiro atoms.